The molecule has 2 unspecified atom stereocenters. The largest absolute Gasteiger partial charge is 0.389 e. The summed E-state index contributed by atoms with van der Waals surface area (Å²) < 4.78 is 7.32. The molecule has 3 aliphatic rings. The van der Waals surface area contributed by atoms with Gasteiger partial charge in [-0.3, -0.25) is 0 Å². The third kappa shape index (κ3) is 3.17. The van der Waals surface area contributed by atoms with Gasteiger partial charge < -0.3 is 24.4 Å². The van der Waals surface area contributed by atoms with Crippen LogP contribution in [-0.4, -0.2) is 67.2 Å². The van der Waals surface area contributed by atoms with Gasteiger partial charge >= 0.3 is 0 Å². The molecule has 0 spiro atoms. The van der Waals surface area contributed by atoms with Crippen molar-refractivity contribution in [3.8, 4) is 0 Å². The number of fused-ring (bicyclic) bond motifs is 2. The Balaban J connectivity index is 1.41. The van der Waals surface area contributed by atoms with Crippen molar-refractivity contribution in [1.29, 1.82) is 0 Å². The van der Waals surface area contributed by atoms with Gasteiger partial charge in [0.15, 0.2) is 17.0 Å². The van der Waals surface area contributed by atoms with E-state index in [0.717, 1.165) is 55.8 Å². The van der Waals surface area contributed by atoms with Crippen molar-refractivity contribution in [1.82, 2.24) is 19.5 Å². The fourth-order valence-electron chi connectivity index (χ4n) is 5.21. The first-order chi connectivity index (χ1) is 13.6. The van der Waals surface area contributed by atoms with Crippen molar-refractivity contribution >= 4 is 17.0 Å². The normalized spacial score (nSPS) is 30.4. The number of hydrogen-bond donors (Lipinski definition) is 2. The average molecular weight is 387 g/mol. The molecular weight excluding hydrogens is 358 g/mol. The number of rotatable bonds is 3. The predicted molar refractivity (Wildman–Crippen MR) is 104 cm³/mol. The molecule has 4 heterocycles. The van der Waals surface area contributed by atoms with Crippen LogP contribution in [0.5, 0.6) is 0 Å². The van der Waals surface area contributed by atoms with E-state index < -0.39 is 11.2 Å². The lowest BCUT2D eigenvalue weighted by Gasteiger charge is -2.47. The van der Waals surface area contributed by atoms with E-state index in [-0.39, 0.29) is 0 Å². The van der Waals surface area contributed by atoms with Gasteiger partial charge in [-0.25, -0.2) is 15.0 Å². The van der Waals surface area contributed by atoms with E-state index >= 15 is 0 Å². The molecule has 8 heteroatoms. The van der Waals surface area contributed by atoms with Gasteiger partial charge in [0.25, 0.3) is 0 Å². The van der Waals surface area contributed by atoms with Crippen molar-refractivity contribution < 1.29 is 14.9 Å². The third-order valence-electron chi connectivity index (χ3n) is 7.00. The molecule has 28 heavy (non-hydrogen) atoms. The highest BCUT2D eigenvalue weighted by molar-refractivity contribution is 5.83. The van der Waals surface area contributed by atoms with E-state index in [4.69, 9.17) is 4.74 Å². The van der Waals surface area contributed by atoms with Crippen LogP contribution in [0.3, 0.4) is 0 Å². The van der Waals surface area contributed by atoms with Crippen LogP contribution in [-0.2, 0) is 11.3 Å². The van der Waals surface area contributed by atoms with Crippen molar-refractivity contribution in [3.05, 3.63) is 12.7 Å². The molecule has 2 aromatic rings. The van der Waals surface area contributed by atoms with Gasteiger partial charge in [0.2, 0.25) is 0 Å². The quantitative estimate of drug-likeness (QED) is 0.824. The summed E-state index contributed by atoms with van der Waals surface area (Å²) in [5.41, 5.74) is 0.251. The second-order valence-electron chi connectivity index (χ2n) is 8.82. The first kappa shape index (κ1) is 18.3. The summed E-state index contributed by atoms with van der Waals surface area (Å²) in [6, 6.07) is 0. The third-order valence-corrected chi connectivity index (χ3v) is 7.00. The van der Waals surface area contributed by atoms with Gasteiger partial charge in [-0.05, 0) is 19.3 Å². The lowest BCUT2D eigenvalue weighted by Crippen LogP contribution is -2.53. The maximum absolute atomic E-state index is 11.0. The van der Waals surface area contributed by atoms with Crippen LogP contribution in [0, 0.1) is 5.92 Å². The Kier molecular flexibility index (Phi) is 4.52. The minimum absolute atomic E-state index is 0.296. The lowest BCUT2D eigenvalue weighted by molar-refractivity contribution is -0.0723. The van der Waals surface area contributed by atoms with Crippen LogP contribution in [0.2, 0.25) is 0 Å². The summed E-state index contributed by atoms with van der Waals surface area (Å²) in [7, 11) is 0. The van der Waals surface area contributed by atoms with Crippen molar-refractivity contribution in [2.75, 3.05) is 31.2 Å². The number of piperidine rings is 1. The Morgan fingerprint density at radius 3 is 2.79 bits per heavy atom. The number of ether oxygens (including phenoxy) is 1. The molecule has 0 radical (unpaired) electrons. The number of aromatic nitrogens is 4. The second kappa shape index (κ2) is 6.93. The maximum atomic E-state index is 11.0. The monoisotopic (exact) mass is 387 g/mol. The zero-order chi connectivity index (χ0) is 19.2. The molecule has 2 saturated heterocycles. The van der Waals surface area contributed by atoms with Gasteiger partial charge in [-0.1, -0.05) is 12.8 Å². The standard InChI is InChI=1S/C20H29N5O3/c26-19(6-9-28-10-7-19)12-25-14-23-16-17(21-13-22-18(16)25)24-8-5-20(27)4-2-1-3-15(20)11-24/h13-15,26-27H,1-12H2. The van der Waals surface area contributed by atoms with Crippen molar-refractivity contribution in [3.63, 3.8) is 0 Å². The van der Waals surface area contributed by atoms with Crippen LogP contribution in [0.4, 0.5) is 5.82 Å². The SMILES string of the molecule is OC1(Cn2cnc3c(N4CCC5(O)CCCCC5C4)ncnc32)CCOCC1. The van der Waals surface area contributed by atoms with Crippen LogP contribution < -0.4 is 4.90 Å². The van der Waals surface area contributed by atoms with E-state index in [1.807, 2.05) is 4.57 Å². The highest BCUT2D eigenvalue weighted by Crippen LogP contribution is 2.41. The molecular formula is C20H29N5O3. The topological polar surface area (TPSA) is 96.5 Å². The lowest BCUT2D eigenvalue weighted by atomic mass is 9.71. The zero-order valence-corrected chi connectivity index (χ0v) is 16.3. The van der Waals surface area contributed by atoms with Crippen molar-refractivity contribution in [2.45, 2.75) is 62.7 Å². The van der Waals surface area contributed by atoms with Crippen LogP contribution in [0.25, 0.3) is 11.2 Å². The summed E-state index contributed by atoms with van der Waals surface area (Å²) in [4.78, 5) is 15.9. The number of imidazole rings is 1. The summed E-state index contributed by atoms with van der Waals surface area (Å²) in [5.74, 6) is 1.14. The first-order valence-electron chi connectivity index (χ1n) is 10.5. The number of nitrogens with zero attached hydrogens (tertiary/aromatic N) is 5. The number of aliphatic hydroxyl groups is 2. The molecule has 5 rings (SSSR count). The van der Waals surface area contributed by atoms with Crippen LogP contribution in [0.15, 0.2) is 12.7 Å². The van der Waals surface area contributed by atoms with Crippen LogP contribution >= 0.6 is 0 Å². The van der Waals surface area contributed by atoms with E-state index in [1.54, 1.807) is 12.7 Å². The molecule has 152 valence electrons. The number of anilines is 1. The summed E-state index contributed by atoms with van der Waals surface area (Å²) in [6.07, 6.45) is 9.69. The predicted octanol–water partition coefficient (Wildman–Crippen LogP) is 1.50. The summed E-state index contributed by atoms with van der Waals surface area (Å²) in [6.45, 7) is 3.23. The summed E-state index contributed by atoms with van der Waals surface area (Å²) in [5, 5.41) is 21.8. The van der Waals surface area contributed by atoms with Gasteiger partial charge in [0, 0.05) is 45.1 Å². The fraction of sp³-hybridized carbons (Fsp3) is 0.750. The van der Waals surface area contributed by atoms with E-state index in [1.165, 1.54) is 6.42 Å². The minimum Gasteiger partial charge on any atom is -0.389 e. The van der Waals surface area contributed by atoms with E-state index in [2.05, 4.69) is 19.9 Å². The molecule has 2 aromatic heterocycles. The molecule has 0 aromatic carbocycles. The fourth-order valence-corrected chi connectivity index (χ4v) is 5.21. The van der Waals surface area contributed by atoms with Gasteiger partial charge in [0.1, 0.15) is 6.33 Å². The Morgan fingerprint density at radius 1 is 1.07 bits per heavy atom. The van der Waals surface area contributed by atoms with E-state index in [9.17, 15) is 10.2 Å². The Morgan fingerprint density at radius 2 is 1.93 bits per heavy atom. The van der Waals surface area contributed by atoms with Crippen molar-refractivity contribution in [2.24, 2.45) is 5.92 Å². The molecule has 2 atom stereocenters. The van der Waals surface area contributed by atoms with Gasteiger partial charge in [-0.15, -0.1) is 0 Å². The molecule has 1 aliphatic carbocycles. The van der Waals surface area contributed by atoms with Crippen LogP contribution in [0.1, 0.15) is 44.9 Å². The highest BCUT2D eigenvalue weighted by Gasteiger charge is 2.43. The molecule has 2 N–H and O–H groups in total. The van der Waals surface area contributed by atoms with E-state index in [0.29, 0.717) is 38.5 Å². The minimum atomic E-state index is -0.777. The molecule has 8 nitrogen and oxygen atoms in total. The maximum Gasteiger partial charge on any atom is 0.165 e. The smallest absolute Gasteiger partial charge is 0.165 e. The number of hydrogen-bond acceptors (Lipinski definition) is 7. The molecule has 3 fully saturated rings. The molecule has 0 amide bonds. The Labute approximate surface area is 164 Å². The van der Waals surface area contributed by atoms with Gasteiger partial charge in [-0.2, -0.15) is 0 Å². The Bertz CT molecular complexity index is 849. The first-order valence-corrected chi connectivity index (χ1v) is 10.5. The average Bonchev–Trinajstić information content (AvgIpc) is 3.10. The summed E-state index contributed by atoms with van der Waals surface area (Å²) >= 11 is 0. The second-order valence-corrected chi connectivity index (χ2v) is 8.82. The molecule has 2 aliphatic heterocycles. The Hall–Kier alpha value is -1.77. The zero-order valence-electron chi connectivity index (χ0n) is 16.3. The van der Waals surface area contributed by atoms with Gasteiger partial charge in [0.05, 0.1) is 24.1 Å². The molecule has 0 bridgehead atoms. The molecule has 1 saturated carbocycles. The highest BCUT2D eigenvalue weighted by atomic mass is 16.5.